The van der Waals surface area contributed by atoms with E-state index in [9.17, 15) is 4.79 Å². The summed E-state index contributed by atoms with van der Waals surface area (Å²) >= 11 is 3.25. The highest BCUT2D eigenvalue weighted by Gasteiger charge is 2.10. The lowest BCUT2D eigenvalue weighted by molar-refractivity contribution is 0.102. The SMILES string of the molecule is Cn1nnc(NC(=O)c2ccc(Br)c(N)c2)n1. The van der Waals surface area contributed by atoms with E-state index in [-0.39, 0.29) is 11.9 Å². The quantitative estimate of drug-likeness (QED) is 0.799. The number of hydrogen-bond acceptors (Lipinski definition) is 5. The third-order valence-corrected chi connectivity index (χ3v) is 2.71. The predicted octanol–water partition coefficient (Wildman–Crippen LogP) is 0.807. The van der Waals surface area contributed by atoms with Gasteiger partial charge in [-0.25, -0.2) is 0 Å². The Hall–Kier alpha value is -1.96. The van der Waals surface area contributed by atoms with Gasteiger partial charge >= 0.3 is 0 Å². The molecular weight excluding hydrogens is 288 g/mol. The predicted molar refractivity (Wildman–Crippen MR) is 65.3 cm³/mol. The Morgan fingerprint density at radius 2 is 2.29 bits per heavy atom. The summed E-state index contributed by atoms with van der Waals surface area (Å²) in [6.07, 6.45) is 0. The smallest absolute Gasteiger partial charge is 0.270 e. The van der Waals surface area contributed by atoms with Crippen molar-refractivity contribution in [2.75, 3.05) is 11.1 Å². The van der Waals surface area contributed by atoms with E-state index in [1.807, 2.05) is 0 Å². The molecule has 0 aliphatic carbocycles. The molecule has 1 amide bonds. The highest BCUT2D eigenvalue weighted by Crippen LogP contribution is 2.20. The lowest BCUT2D eigenvalue weighted by atomic mass is 10.2. The van der Waals surface area contributed by atoms with Gasteiger partial charge in [0.2, 0.25) is 0 Å². The maximum Gasteiger partial charge on any atom is 0.270 e. The molecule has 0 bridgehead atoms. The molecule has 0 unspecified atom stereocenters. The fourth-order valence-corrected chi connectivity index (χ4v) is 1.44. The molecule has 0 saturated carbocycles. The first-order valence-corrected chi connectivity index (χ1v) is 5.46. The molecule has 88 valence electrons. The number of carbonyl (C=O) groups is 1. The van der Waals surface area contributed by atoms with Gasteiger partial charge in [0.25, 0.3) is 11.9 Å². The minimum absolute atomic E-state index is 0.152. The first-order chi connectivity index (χ1) is 8.06. The van der Waals surface area contributed by atoms with E-state index in [0.717, 1.165) is 4.47 Å². The van der Waals surface area contributed by atoms with Crippen molar-refractivity contribution in [1.82, 2.24) is 20.2 Å². The van der Waals surface area contributed by atoms with Crippen LogP contribution < -0.4 is 11.1 Å². The number of tetrazole rings is 1. The highest BCUT2D eigenvalue weighted by molar-refractivity contribution is 9.10. The van der Waals surface area contributed by atoms with E-state index in [4.69, 9.17) is 5.73 Å². The lowest BCUT2D eigenvalue weighted by Gasteiger charge is -2.03. The van der Waals surface area contributed by atoms with E-state index >= 15 is 0 Å². The molecule has 8 heteroatoms. The Labute approximate surface area is 105 Å². The van der Waals surface area contributed by atoms with Crippen LogP contribution in [0.4, 0.5) is 11.6 Å². The first-order valence-electron chi connectivity index (χ1n) is 4.66. The minimum atomic E-state index is -0.336. The number of nitrogens with two attached hydrogens (primary N) is 1. The average molecular weight is 297 g/mol. The zero-order valence-corrected chi connectivity index (χ0v) is 10.5. The number of carbonyl (C=O) groups excluding carboxylic acids is 1. The Balaban J connectivity index is 2.17. The molecular formula is C9H9BrN6O. The van der Waals surface area contributed by atoms with Crippen molar-refractivity contribution in [3.63, 3.8) is 0 Å². The largest absolute Gasteiger partial charge is 0.398 e. The van der Waals surface area contributed by atoms with Gasteiger partial charge in [0, 0.05) is 15.7 Å². The van der Waals surface area contributed by atoms with Crippen LogP contribution in [0, 0.1) is 0 Å². The molecule has 2 aromatic rings. The van der Waals surface area contributed by atoms with Crippen molar-refractivity contribution in [1.29, 1.82) is 0 Å². The molecule has 0 spiro atoms. The van der Waals surface area contributed by atoms with Crippen molar-refractivity contribution in [2.45, 2.75) is 0 Å². The first kappa shape index (κ1) is 11.5. The molecule has 2 rings (SSSR count). The number of rotatable bonds is 2. The number of aromatic nitrogens is 4. The lowest BCUT2D eigenvalue weighted by Crippen LogP contribution is -2.13. The summed E-state index contributed by atoms with van der Waals surface area (Å²) in [6, 6.07) is 4.91. The summed E-state index contributed by atoms with van der Waals surface area (Å²) in [5, 5.41) is 13.6. The van der Waals surface area contributed by atoms with Crippen molar-refractivity contribution in [3.8, 4) is 0 Å². The molecule has 0 aliphatic heterocycles. The number of nitrogen functional groups attached to an aromatic ring is 1. The zero-order chi connectivity index (χ0) is 12.4. The van der Waals surface area contributed by atoms with E-state index in [2.05, 4.69) is 36.7 Å². The van der Waals surface area contributed by atoms with Gasteiger partial charge in [0.15, 0.2) is 0 Å². The van der Waals surface area contributed by atoms with E-state index in [1.165, 1.54) is 4.80 Å². The van der Waals surface area contributed by atoms with Gasteiger partial charge < -0.3 is 5.73 Å². The molecule has 7 nitrogen and oxygen atoms in total. The third kappa shape index (κ3) is 2.59. The molecule has 0 atom stereocenters. The molecule has 1 aromatic heterocycles. The normalized spacial score (nSPS) is 10.2. The summed E-state index contributed by atoms with van der Waals surface area (Å²) in [6.45, 7) is 0. The fourth-order valence-electron chi connectivity index (χ4n) is 1.19. The second-order valence-corrected chi connectivity index (χ2v) is 4.15. The Bertz CT molecular complexity index is 566. The van der Waals surface area contributed by atoms with Crippen LogP contribution in [0.25, 0.3) is 0 Å². The number of nitrogens with one attached hydrogen (secondary N) is 1. The van der Waals surface area contributed by atoms with Gasteiger partial charge in [-0.1, -0.05) is 5.10 Å². The van der Waals surface area contributed by atoms with Crippen LogP contribution in [-0.4, -0.2) is 26.1 Å². The van der Waals surface area contributed by atoms with Crippen LogP contribution >= 0.6 is 15.9 Å². The van der Waals surface area contributed by atoms with Crippen molar-refractivity contribution >= 4 is 33.5 Å². The van der Waals surface area contributed by atoms with Crippen LogP contribution in [-0.2, 0) is 7.05 Å². The van der Waals surface area contributed by atoms with Gasteiger partial charge in [-0.2, -0.15) is 4.80 Å². The van der Waals surface area contributed by atoms with Crippen molar-refractivity contribution in [3.05, 3.63) is 28.2 Å². The zero-order valence-electron chi connectivity index (χ0n) is 8.88. The van der Waals surface area contributed by atoms with Gasteiger partial charge in [-0.3, -0.25) is 10.1 Å². The summed E-state index contributed by atoms with van der Waals surface area (Å²) in [5.41, 5.74) is 6.60. The molecule has 17 heavy (non-hydrogen) atoms. The second kappa shape index (κ2) is 4.50. The Morgan fingerprint density at radius 1 is 1.53 bits per heavy atom. The number of nitrogens with zero attached hydrogens (tertiary/aromatic N) is 4. The van der Waals surface area contributed by atoms with Gasteiger partial charge in [-0.15, -0.1) is 5.10 Å². The maximum absolute atomic E-state index is 11.8. The topological polar surface area (TPSA) is 98.7 Å². The Kier molecular flexibility index (Phi) is 3.05. The third-order valence-electron chi connectivity index (χ3n) is 1.99. The standard InChI is InChI=1S/C9H9BrN6O/c1-16-14-9(13-15-16)12-8(17)5-2-3-6(10)7(11)4-5/h2-4H,11H2,1H3,(H,12,14,17). The summed E-state index contributed by atoms with van der Waals surface area (Å²) < 4.78 is 0.742. The number of benzene rings is 1. The number of hydrogen-bond donors (Lipinski definition) is 2. The van der Waals surface area contributed by atoms with Crippen LogP contribution in [0.5, 0.6) is 0 Å². The van der Waals surface area contributed by atoms with Crippen LogP contribution in [0.3, 0.4) is 0 Å². The van der Waals surface area contributed by atoms with Crippen molar-refractivity contribution < 1.29 is 4.79 Å². The van der Waals surface area contributed by atoms with E-state index in [1.54, 1.807) is 25.2 Å². The molecule has 0 fully saturated rings. The number of halogens is 1. The van der Waals surface area contributed by atoms with Gasteiger partial charge in [0.1, 0.15) is 0 Å². The fraction of sp³-hybridized carbons (Fsp3) is 0.111. The number of amides is 1. The van der Waals surface area contributed by atoms with E-state index in [0.29, 0.717) is 11.3 Å². The van der Waals surface area contributed by atoms with Crippen LogP contribution in [0.15, 0.2) is 22.7 Å². The monoisotopic (exact) mass is 296 g/mol. The molecule has 1 aromatic carbocycles. The molecule has 0 aliphatic rings. The summed E-state index contributed by atoms with van der Waals surface area (Å²) in [5.74, 6) is -0.184. The van der Waals surface area contributed by atoms with Gasteiger partial charge in [-0.05, 0) is 39.3 Å². The van der Waals surface area contributed by atoms with E-state index < -0.39 is 0 Å². The maximum atomic E-state index is 11.8. The molecule has 0 saturated heterocycles. The molecule has 1 heterocycles. The highest BCUT2D eigenvalue weighted by atomic mass is 79.9. The van der Waals surface area contributed by atoms with Crippen LogP contribution in [0.2, 0.25) is 0 Å². The van der Waals surface area contributed by atoms with Crippen molar-refractivity contribution in [2.24, 2.45) is 7.05 Å². The summed E-state index contributed by atoms with van der Waals surface area (Å²) in [7, 11) is 1.61. The van der Waals surface area contributed by atoms with Gasteiger partial charge in [0.05, 0.1) is 7.05 Å². The molecule has 3 N–H and O–H groups in total. The number of anilines is 2. The second-order valence-electron chi connectivity index (χ2n) is 3.29. The molecule has 0 radical (unpaired) electrons. The minimum Gasteiger partial charge on any atom is -0.398 e. The number of aryl methyl sites for hydroxylation is 1. The van der Waals surface area contributed by atoms with Crippen LogP contribution in [0.1, 0.15) is 10.4 Å². The average Bonchev–Trinajstić information content (AvgIpc) is 2.68. The Morgan fingerprint density at radius 3 is 2.88 bits per heavy atom. The summed E-state index contributed by atoms with van der Waals surface area (Å²) in [4.78, 5) is 13.0.